The number of ether oxygens (including phenoxy) is 1. The lowest BCUT2D eigenvalue weighted by Gasteiger charge is -2.32. The van der Waals surface area contributed by atoms with E-state index >= 15 is 0 Å². The molecule has 0 atom stereocenters. The van der Waals surface area contributed by atoms with E-state index in [1.54, 1.807) is 0 Å². The highest BCUT2D eigenvalue weighted by molar-refractivity contribution is 6.70. The number of rotatable bonds is 4. The summed E-state index contributed by atoms with van der Waals surface area (Å²) < 4.78 is 17.9. The first-order valence-corrected chi connectivity index (χ1v) is 8.26. The largest absolute Gasteiger partial charge is 0.494 e. The van der Waals surface area contributed by atoms with Crippen LogP contribution in [0.5, 0.6) is 0 Å². The molecule has 1 aromatic rings. The van der Waals surface area contributed by atoms with Crippen molar-refractivity contribution < 1.29 is 14.0 Å². The topological polar surface area (TPSA) is 51.5 Å². The molecule has 0 amide bonds. The summed E-state index contributed by atoms with van der Waals surface area (Å²) >= 11 is 0. The van der Waals surface area contributed by atoms with Gasteiger partial charge in [0.15, 0.2) is 0 Å². The van der Waals surface area contributed by atoms with Crippen LogP contribution in [-0.2, 0) is 20.7 Å². The van der Waals surface area contributed by atoms with Gasteiger partial charge in [0, 0.05) is 12.1 Å². The van der Waals surface area contributed by atoms with Crippen molar-refractivity contribution in [2.45, 2.75) is 64.2 Å². The molecule has 2 aliphatic rings. The number of nitrogens with zero attached hydrogens (tertiary/aromatic N) is 1. The smallest absolute Gasteiger partial charge is 0.399 e. The van der Waals surface area contributed by atoms with Crippen molar-refractivity contribution in [1.82, 2.24) is 0 Å². The van der Waals surface area contributed by atoms with Crippen molar-refractivity contribution in [1.29, 1.82) is 5.26 Å². The molecule has 2 aliphatic heterocycles. The Morgan fingerprint density at radius 3 is 2.22 bits per heavy atom. The minimum atomic E-state index is -0.321. The van der Waals surface area contributed by atoms with Gasteiger partial charge in [-0.1, -0.05) is 24.3 Å². The SMILES string of the molecule is CC1(C)OB(c2ccc(COC3CB(C#N)C3)cc2)OC1(C)C. The average Bonchev–Trinajstić information content (AvgIpc) is 2.67. The van der Waals surface area contributed by atoms with E-state index in [0.29, 0.717) is 6.61 Å². The lowest BCUT2D eigenvalue weighted by Crippen LogP contribution is -2.41. The quantitative estimate of drug-likeness (QED) is 0.802. The van der Waals surface area contributed by atoms with Gasteiger partial charge < -0.3 is 14.0 Å². The van der Waals surface area contributed by atoms with Gasteiger partial charge in [-0.25, -0.2) is 5.26 Å². The first kappa shape index (κ1) is 16.6. The molecule has 0 aliphatic carbocycles. The standard InChI is InChI=1S/C17H23B2NO3/c1-16(2)17(3,4)23-19(22-16)14-7-5-13(6-8-14)11-21-15-9-18(10-15)12-20/h5-8,15H,9-11H2,1-4H3. The van der Waals surface area contributed by atoms with E-state index in [1.165, 1.54) is 0 Å². The lowest BCUT2D eigenvalue weighted by molar-refractivity contribution is 0.00578. The van der Waals surface area contributed by atoms with Crippen LogP contribution in [0, 0.1) is 11.2 Å². The molecule has 3 rings (SSSR count). The van der Waals surface area contributed by atoms with Crippen LogP contribution in [-0.4, -0.2) is 31.1 Å². The monoisotopic (exact) mass is 311 g/mol. The fourth-order valence-electron chi connectivity index (χ4n) is 2.77. The predicted octanol–water partition coefficient (Wildman–Crippen LogP) is 2.44. The first-order valence-electron chi connectivity index (χ1n) is 8.26. The molecule has 2 fully saturated rings. The zero-order valence-electron chi connectivity index (χ0n) is 14.3. The summed E-state index contributed by atoms with van der Waals surface area (Å²) in [6.07, 6.45) is 1.97. The molecule has 0 radical (unpaired) electrons. The van der Waals surface area contributed by atoms with Crippen molar-refractivity contribution in [3.05, 3.63) is 29.8 Å². The minimum Gasteiger partial charge on any atom is -0.399 e. The van der Waals surface area contributed by atoms with Crippen LogP contribution < -0.4 is 5.46 Å². The Hall–Kier alpha value is -1.28. The molecular weight excluding hydrogens is 288 g/mol. The Labute approximate surface area is 139 Å². The summed E-state index contributed by atoms with van der Waals surface area (Å²) in [6, 6.07) is 8.20. The van der Waals surface area contributed by atoms with Crippen LogP contribution in [0.1, 0.15) is 33.3 Å². The Bertz CT molecular complexity index is 587. The summed E-state index contributed by atoms with van der Waals surface area (Å²) in [6.45, 7) is 9.01. The number of hydrogen-bond donors (Lipinski definition) is 0. The van der Waals surface area contributed by atoms with E-state index < -0.39 is 0 Å². The maximum atomic E-state index is 8.77. The number of nitriles is 1. The van der Waals surface area contributed by atoms with Crippen LogP contribution in [0.4, 0.5) is 0 Å². The van der Waals surface area contributed by atoms with Crippen LogP contribution in [0.25, 0.3) is 0 Å². The Balaban J connectivity index is 1.55. The molecule has 1 aromatic carbocycles. The third-order valence-corrected chi connectivity index (χ3v) is 5.27. The minimum absolute atomic E-state index is 0.186. The molecule has 6 heteroatoms. The molecule has 2 heterocycles. The van der Waals surface area contributed by atoms with Crippen LogP contribution in [0.2, 0.25) is 12.6 Å². The highest BCUT2D eigenvalue weighted by Crippen LogP contribution is 2.36. The Morgan fingerprint density at radius 1 is 1.13 bits per heavy atom. The summed E-state index contributed by atoms with van der Waals surface area (Å²) in [5.41, 5.74) is 1.52. The second-order valence-electron chi connectivity index (χ2n) is 7.56. The zero-order valence-corrected chi connectivity index (χ0v) is 14.3. The van der Waals surface area contributed by atoms with Crippen molar-refractivity contribution in [2.75, 3.05) is 0 Å². The van der Waals surface area contributed by atoms with Gasteiger partial charge in [-0.15, -0.1) is 0 Å². The highest BCUT2D eigenvalue weighted by Gasteiger charge is 2.51. The van der Waals surface area contributed by atoms with E-state index in [1.807, 2.05) is 12.1 Å². The summed E-state index contributed by atoms with van der Waals surface area (Å²) in [4.78, 5) is 0. The van der Waals surface area contributed by atoms with Crippen LogP contribution in [0.15, 0.2) is 24.3 Å². The number of benzene rings is 1. The third kappa shape index (κ3) is 3.33. The third-order valence-electron chi connectivity index (χ3n) is 5.27. The molecular formula is C17H23B2NO3. The maximum Gasteiger partial charge on any atom is 0.494 e. The Kier molecular flexibility index (Phi) is 4.31. The Morgan fingerprint density at radius 2 is 1.70 bits per heavy atom. The fourth-order valence-corrected chi connectivity index (χ4v) is 2.77. The van der Waals surface area contributed by atoms with Gasteiger partial charge in [0.05, 0.1) is 17.8 Å². The van der Waals surface area contributed by atoms with Gasteiger partial charge in [0.1, 0.15) is 0 Å². The molecule has 4 nitrogen and oxygen atoms in total. The van der Waals surface area contributed by atoms with Crippen LogP contribution >= 0.6 is 0 Å². The molecule has 0 N–H and O–H groups in total. The zero-order chi connectivity index (χ0) is 16.7. The fraction of sp³-hybridized carbons (Fsp3) is 0.588. The van der Waals surface area contributed by atoms with E-state index in [4.69, 9.17) is 19.3 Å². The van der Waals surface area contributed by atoms with Gasteiger partial charge in [0.2, 0.25) is 0 Å². The molecule has 0 spiro atoms. The van der Waals surface area contributed by atoms with Crippen molar-refractivity contribution in [3.63, 3.8) is 0 Å². The van der Waals surface area contributed by atoms with Crippen molar-refractivity contribution in [3.8, 4) is 5.97 Å². The predicted molar refractivity (Wildman–Crippen MR) is 91.7 cm³/mol. The van der Waals surface area contributed by atoms with Gasteiger partial charge in [-0.3, -0.25) is 0 Å². The van der Waals surface area contributed by atoms with E-state index in [9.17, 15) is 0 Å². The van der Waals surface area contributed by atoms with Crippen LogP contribution in [0.3, 0.4) is 0 Å². The molecule has 0 saturated carbocycles. The summed E-state index contributed by atoms with van der Waals surface area (Å²) in [7, 11) is -0.321. The molecule has 120 valence electrons. The van der Waals surface area contributed by atoms with Gasteiger partial charge >= 0.3 is 7.12 Å². The molecule has 23 heavy (non-hydrogen) atoms. The molecule has 2 saturated heterocycles. The van der Waals surface area contributed by atoms with E-state index in [-0.39, 0.29) is 31.1 Å². The van der Waals surface area contributed by atoms with E-state index in [2.05, 4.69) is 45.8 Å². The van der Waals surface area contributed by atoms with Crippen molar-refractivity contribution in [2.24, 2.45) is 0 Å². The lowest BCUT2D eigenvalue weighted by atomic mass is 9.35. The number of hydrogen-bond acceptors (Lipinski definition) is 4. The molecule has 0 unspecified atom stereocenters. The second-order valence-corrected chi connectivity index (χ2v) is 7.56. The normalized spacial score (nSPS) is 22.7. The summed E-state index contributed by atoms with van der Waals surface area (Å²) in [5, 5.41) is 8.77. The van der Waals surface area contributed by atoms with Gasteiger partial charge in [0.25, 0.3) is 6.71 Å². The van der Waals surface area contributed by atoms with Gasteiger partial charge in [-0.2, -0.15) is 0 Å². The summed E-state index contributed by atoms with van der Waals surface area (Å²) in [5.74, 6) is 2.27. The van der Waals surface area contributed by atoms with Gasteiger partial charge in [-0.05, 0) is 51.4 Å². The second kappa shape index (κ2) is 5.98. The maximum absolute atomic E-state index is 8.77. The molecule has 0 bridgehead atoms. The highest BCUT2D eigenvalue weighted by atomic mass is 16.7. The average molecular weight is 311 g/mol. The first-order chi connectivity index (χ1) is 10.8. The van der Waals surface area contributed by atoms with E-state index in [0.717, 1.165) is 23.7 Å². The van der Waals surface area contributed by atoms with Crippen molar-refractivity contribution >= 4 is 19.3 Å². The molecule has 0 aromatic heterocycles.